The second-order valence-corrected chi connectivity index (χ2v) is 13.1. The monoisotopic (exact) mass is 347 g/mol. The minimum absolute atomic E-state index is 0.0237. The molecule has 0 rings (SSSR count). The highest BCUT2D eigenvalue weighted by Crippen LogP contribution is 2.34. The van der Waals surface area contributed by atoms with Crippen LogP contribution in [-0.4, -0.2) is 13.9 Å². The second kappa shape index (κ2) is 9.39. The van der Waals surface area contributed by atoms with Crippen molar-refractivity contribution in [3.8, 4) is 6.07 Å². The van der Waals surface area contributed by atoms with Crippen LogP contribution in [0.4, 0.5) is 0 Å². The van der Waals surface area contributed by atoms with Gasteiger partial charge in [-0.3, -0.25) is 0 Å². The summed E-state index contributed by atoms with van der Waals surface area (Å²) in [5.74, 6) is 0.143. The maximum absolute atomic E-state index is 10.0. The molecule has 0 aromatic carbocycles. The molecular weight excluding hydrogens is 310 g/mol. The average molecular weight is 348 g/mol. The maximum atomic E-state index is 10.0. The maximum Gasteiger partial charge on any atom is 0.186 e. The highest BCUT2D eigenvalue weighted by Gasteiger charge is 2.39. The molecule has 2 unspecified atom stereocenters. The van der Waals surface area contributed by atoms with Crippen LogP contribution in [0.3, 0.4) is 0 Å². The van der Waals surface area contributed by atoms with Crippen LogP contribution >= 0.6 is 0 Å². The van der Waals surface area contributed by atoms with Gasteiger partial charge in [-0.15, -0.1) is 13.2 Å². The largest absolute Gasteiger partial charge is 0.397 e. The van der Waals surface area contributed by atoms with Gasteiger partial charge in [0.15, 0.2) is 13.9 Å². The molecule has 0 bridgehead atoms. The summed E-state index contributed by atoms with van der Waals surface area (Å²) in [6.45, 7) is 22.7. The lowest BCUT2D eigenvalue weighted by Gasteiger charge is -2.37. The first-order chi connectivity index (χ1) is 10.9. The number of allylic oxidation sites excluding steroid dienone is 3. The van der Waals surface area contributed by atoms with E-state index in [-0.39, 0.29) is 11.3 Å². The van der Waals surface area contributed by atoms with Crippen LogP contribution in [0.2, 0.25) is 19.6 Å². The quantitative estimate of drug-likeness (QED) is 0.310. The van der Waals surface area contributed by atoms with E-state index in [1.165, 1.54) is 5.57 Å². The van der Waals surface area contributed by atoms with Crippen LogP contribution in [0.5, 0.6) is 0 Å². The van der Waals surface area contributed by atoms with Gasteiger partial charge in [0.2, 0.25) is 0 Å². The van der Waals surface area contributed by atoms with E-state index in [2.05, 4.69) is 72.6 Å². The summed E-state index contributed by atoms with van der Waals surface area (Å²) >= 11 is 0. The van der Waals surface area contributed by atoms with Crippen molar-refractivity contribution < 1.29 is 4.43 Å². The van der Waals surface area contributed by atoms with E-state index < -0.39 is 13.9 Å². The molecule has 3 heteroatoms. The van der Waals surface area contributed by atoms with Crippen molar-refractivity contribution in [2.24, 2.45) is 11.3 Å². The van der Waals surface area contributed by atoms with Gasteiger partial charge in [-0.1, -0.05) is 38.5 Å². The van der Waals surface area contributed by atoms with Crippen molar-refractivity contribution in [2.75, 3.05) is 0 Å². The predicted molar refractivity (Wildman–Crippen MR) is 108 cm³/mol. The molecule has 0 aliphatic carbocycles. The molecule has 0 fully saturated rings. The molecule has 2 nitrogen and oxygen atoms in total. The van der Waals surface area contributed by atoms with Gasteiger partial charge in [0.25, 0.3) is 0 Å². The lowest BCUT2D eigenvalue weighted by Crippen LogP contribution is -2.45. The predicted octanol–water partition coefficient (Wildman–Crippen LogP) is 6.64. The topological polar surface area (TPSA) is 33.0 Å². The number of nitrogens with zero attached hydrogens (tertiary/aromatic N) is 1. The summed E-state index contributed by atoms with van der Waals surface area (Å²) in [6, 6.07) is 2.50. The fraction of sp³-hybridized carbons (Fsp3) is 0.667. The van der Waals surface area contributed by atoms with Crippen molar-refractivity contribution in [3.05, 3.63) is 37.0 Å². The van der Waals surface area contributed by atoms with Gasteiger partial charge in [-0.25, -0.2) is 0 Å². The van der Waals surface area contributed by atoms with Gasteiger partial charge in [-0.2, -0.15) is 5.26 Å². The molecule has 0 N–H and O–H groups in total. The van der Waals surface area contributed by atoms with Gasteiger partial charge in [0.05, 0.1) is 0 Å². The Morgan fingerprint density at radius 2 is 1.88 bits per heavy atom. The highest BCUT2D eigenvalue weighted by molar-refractivity contribution is 6.69. The minimum atomic E-state index is -1.86. The molecule has 0 saturated heterocycles. The third-order valence-corrected chi connectivity index (χ3v) is 5.03. The van der Waals surface area contributed by atoms with Gasteiger partial charge >= 0.3 is 0 Å². The zero-order chi connectivity index (χ0) is 19.0. The lowest BCUT2D eigenvalue weighted by molar-refractivity contribution is 0.103. The van der Waals surface area contributed by atoms with E-state index in [9.17, 15) is 5.26 Å². The first-order valence-electron chi connectivity index (χ1n) is 8.94. The molecule has 0 aromatic rings. The van der Waals surface area contributed by atoms with Gasteiger partial charge < -0.3 is 4.43 Å². The zero-order valence-electron chi connectivity index (χ0n) is 16.9. The molecule has 0 amide bonds. The van der Waals surface area contributed by atoms with Crippen LogP contribution in [-0.2, 0) is 4.43 Å². The highest BCUT2D eigenvalue weighted by atomic mass is 28.4. The Hall–Kier alpha value is -1.11. The molecule has 24 heavy (non-hydrogen) atoms. The summed E-state index contributed by atoms with van der Waals surface area (Å²) in [6.07, 6.45) is 9.95. The summed E-state index contributed by atoms with van der Waals surface area (Å²) in [5.41, 5.74) is 0.320. The summed E-state index contributed by atoms with van der Waals surface area (Å²) in [5, 5.41) is 10.0. The van der Waals surface area contributed by atoms with E-state index in [1.807, 2.05) is 12.2 Å². The van der Waals surface area contributed by atoms with Gasteiger partial charge in [0, 0.05) is 5.92 Å². The molecule has 2 atom stereocenters. The Kier molecular flexibility index (Phi) is 8.96. The van der Waals surface area contributed by atoms with E-state index in [0.717, 1.165) is 25.7 Å². The smallest absolute Gasteiger partial charge is 0.186 e. The molecule has 0 aromatic heterocycles. The number of hydrogen-bond donors (Lipinski definition) is 0. The first kappa shape index (κ1) is 22.9. The molecule has 0 saturated carbocycles. The van der Waals surface area contributed by atoms with Gasteiger partial charge in [-0.05, 0) is 63.7 Å². The van der Waals surface area contributed by atoms with E-state index in [4.69, 9.17) is 4.43 Å². The zero-order valence-corrected chi connectivity index (χ0v) is 17.9. The minimum Gasteiger partial charge on any atom is -0.397 e. The van der Waals surface area contributed by atoms with Crippen LogP contribution in [0.15, 0.2) is 37.0 Å². The van der Waals surface area contributed by atoms with Gasteiger partial charge in [0.1, 0.15) is 6.07 Å². The first-order valence-corrected chi connectivity index (χ1v) is 12.4. The third kappa shape index (κ3) is 8.66. The average Bonchev–Trinajstić information content (AvgIpc) is 2.41. The van der Waals surface area contributed by atoms with Crippen LogP contribution in [0.25, 0.3) is 0 Å². The Balaban J connectivity index is 5.49. The Morgan fingerprint density at radius 3 is 2.29 bits per heavy atom. The molecule has 0 aliphatic rings. The Labute approximate surface area is 151 Å². The summed E-state index contributed by atoms with van der Waals surface area (Å²) < 4.78 is 6.41. The van der Waals surface area contributed by atoms with Crippen LogP contribution in [0, 0.1) is 22.7 Å². The standard InChI is InChI=1S/C21H37NOSi/c1-10-14-20(5,6)15-16-21(17-22,23-24(7,8)9)19(4)13-11-12-18(2)3/h10,15-16,19H,1-2,11-14H2,3-9H3/b16-15+. The SMILES string of the molecule is C=CCC(C)(C)/C=C/C(C#N)(O[Si](C)(C)C)C(C)CCCC(=C)C. The molecule has 0 aliphatic heterocycles. The van der Waals surface area contributed by atoms with E-state index in [0.29, 0.717) is 0 Å². The molecule has 136 valence electrons. The Bertz CT molecular complexity index is 493. The van der Waals surface area contributed by atoms with Crippen molar-refractivity contribution in [3.63, 3.8) is 0 Å². The van der Waals surface area contributed by atoms with Crippen molar-refractivity contribution in [1.29, 1.82) is 5.26 Å². The van der Waals surface area contributed by atoms with Crippen molar-refractivity contribution in [1.82, 2.24) is 0 Å². The van der Waals surface area contributed by atoms with Crippen LogP contribution in [0.1, 0.15) is 53.4 Å². The van der Waals surface area contributed by atoms with E-state index in [1.54, 1.807) is 0 Å². The normalized spacial score (nSPS) is 16.4. The summed E-state index contributed by atoms with van der Waals surface area (Å²) in [7, 11) is -1.86. The number of hydrogen-bond acceptors (Lipinski definition) is 2. The number of nitriles is 1. The molecule has 0 radical (unpaired) electrons. The van der Waals surface area contributed by atoms with Crippen molar-refractivity contribution >= 4 is 8.32 Å². The van der Waals surface area contributed by atoms with E-state index >= 15 is 0 Å². The molecular formula is C21H37NOSi. The third-order valence-electron chi connectivity index (χ3n) is 4.08. The molecule has 0 heterocycles. The fourth-order valence-electron chi connectivity index (χ4n) is 2.69. The lowest BCUT2D eigenvalue weighted by atomic mass is 9.82. The van der Waals surface area contributed by atoms with Crippen molar-refractivity contribution in [2.45, 2.75) is 78.6 Å². The number of rotatable bonds is 11. The fourth-order valence-corrected chi connectivity index (χ4v) is 4.02. The Morgan fingerprint density at radius 1 is 1.29 bits per heavy atom. The van der Waals surface area contributed by atoms with Crippen LogP contribution < -0.4 is 0 Å². The summed E-state index contributed by atoms with van der Waals surface area (Å²) in [4.78, 5) is 0. The second-order valence-electron chi connectivity index (χ2n) is 8.68. The molecule has 0 spiro atoms.